The van der Waals surface area contributed by atoms with Crippen LogP contribution < -0.4 is 5.32 Å². The zero-order chi connectivity index (χ0) is 16.9. The molecule has 23 heavy (non-hydrogen) atoms. The Kier molecular flexibility index (Phi) is 5.16. The zero-order valence-corrected chi connectivity index (χ0v) is 13.3. The number of benzene rings is 2. The van der Waals surface area contributed by atoms with Crippen LogP contribution in [-0.4, -0.2) is 17.0 Å². The van der Waals surface area contributed by atoms with E-state index in [1.165, 1.54) is 0 Å². The molecule has 1 amide bonds. The predicted octanol–water partition coefficient (Wildman–Crippen LogP) is 3.30. The van der Waals surface area contributed by atoms with E-state index >= 15 is 0 Å². The van der Waals surface area contributed by atoms with E-state index in [2.05, 4.69) is 5.32 Å². The molecule has 2 atom stereocenters. The average molecular weight is 311 g/mol. The van der Waals surface area contributed by atoms with Gasteiger partial charge in [0.25, 0.3) is 0 Å². The summed E-state index contributed by atoms with van der Waals surface area (Å²) in [4.78, 5) is 24.6. The second-order valence-electron chi connectivity index (χ2n) is 5.55. The van der Waals surface area contributed by atoms with Crippen molar-refractivity contribution in [1.29, 1.82) is 0 Å². The highest BCUT2D eigenvalue weighted by Gasteiger charge is 2.41. The molecule has 2 rings (SSSR count). The standard InChI is InChI=1S/C19H21NO3/c1-3-19(18(22)23,16-12-8-5-9-13-16)20-17(21)14(2)15-10-6-4-7-11-15/h4-14H,3H2,1-2H3,(H,20,21)(H,22,23). The first-order chi connectivity index (χ1) is 11.0. The van der Waals surface area contributed by atoms with Crippen molar-refractivity contribution in [3.8, 4) is 0 Å². The van der Waals surface area contributed by atoms with E-state index in [9.17, 15) is 14.7 Å². The fraction of sp³-hybridized carbons (Fsp3) is 0.263. The van der Waals surface area contributed by atoms with E-state index in [0.717, 1.165) is 5.56 Å². The Labute approximate surface area is 136 Å². The summed E-state index contributed by atoms with van der Waals surface area (Å²) >= 11 is 0. The van der Waals surface area contributed by atoms with Crippen molar-refractivity contribution in [3.63, 3.8) is 0 Å². The first-order valence-corrected chi connectivity index (χ1v) is 7.67. The number of rotatable bonds is 6. The normalized spacial score (nSPS) is 14.5. The van der Waals surface area contributed by atoms with Crippen LogP contribution in [-0.2, 0) is 15.1 Å². The number of carboxylic acids is 1. The molecule has 2 N–H and O–H groups in total. The Morgan fingerprint density at radius 2 is 1.57 bits per heavy atom. The van der Waals surface area contributed by atoms with E-state index in [1.807, 2.05) is 36.4 Å². The summed E-state index contributed by atoms with van der Waals surface area (Å²) in [6.45, 7) is 3.53. The molecule has 0 radical (unpaired) electrons. The largest absolute Gasteiger partial charge is 0.479 e. The Morgan fingerprint density at radius 3 is 2.04 bits per heavy atom. The van der Waals surface area contributed by atoms with Crippen molar-refractivity contribution in [1.82, 2.24) is 5.32 Å². The second kappa shape index (κ2) is 7.09. The lowest BCUT2D eigenvalue weighted by atomic mass is 9.86. The van der Waals surface area contributed by atoms with Gasteiger partial charge in [-0.25, -0.2) is 4.79 Å². The van der Waals surface area contributed by atoms with Crippen LogP contribution in [0.1, 0.15) is 37.3 Å². The van der Waals surface area contributed by atoms with Gasteiger partial charge in [0.05, 0.1) is 5.92 Å². The topological polar surface area (TPSA) is 66.4 Å². The summed E-state index contributed by atoms with van der Waals surface area (Å²) in [6, 6.07) is 18.1. The fourth-order valence-corrected chi connectivity index (χ4v) is 2.63. The molecule has 0 bridgehead atoms. The monoisotopic (exact) mass is 311 g/mol. The number of carboxylic acid groups (broad SMARTS) is 1. The molecule has 0 heterocycles. The smallest absolute Gasteiger partial charge is 0.334 e. The van der Waals surface area contributed by atoms with Crippen LogP contribution >= 0.6 is 0 Å². The first-order valence-electron chi connectivity index (χ1n) is 7.67. The molecule has 0 saturated carbocycles. The third kappa shape index (κ3) is 3.42. The first kappa shape index (κ1) is 16.7. The highest BCUT2D eigenvalue weighted by atomic mass is 16.4. The molecule has 0 aromatic heterocycles. The Bertz CT molecular complexity index is 670. The summed E-state index contributed by atoms with van der Waals surface area (Å²) in [5, 5.41) is 12.5. The molecule has 0 fully saturated rings. The molecule has 2 aromatic carbocycles. The molecular weight excluding hydrogens is 290 g/mol. The van der Waals surface area contributed by atoms with Crippen molar-refractivity contribution in [2.45, 2.75) is 31.7 Å². The number of hydrogen-bond acceptors (Lipinski definition) is 2. The van der Waals surface area contributed by atoms with Crippen molar-refractivity contribution < 1.29 is 14.7 Å². The highest BCUT2D eigenvalue weighted by Crippen LogP contribution is 2.27. The van der Waals surface area contributed by atoms with Gasteiger partial charge in [-0.05, 0) is 24.5 Å². The van der Waals surface area contributed by atoms with Gasteiger partial charge in [0.1, 0.15) is 0 Å². The van der Waals surface area contributed by atoms with Gasteiger partial charge in [0.2, 0.25) is 5.91 Å². The van der Waals surface area contributed by atoms with Gasteiger partial charge in [-0.2, -0.15) is 0 Å². The lowest BCUT2D eigenvalue weighted by Crippen LogP contribution is -2.52. The lowest BCUT2D eigenvalue weighted by molar-refractivity contribution is -0.148. The minimum atomic E-state index is -1.42. The van der Waals surface area contributed by atoms with Crippen molar-refractivity contribution in [3.05, 3.63) is 71.8 Å². The predicted molar refractivity (Wildman–Crippen MR) is 89.0 cm³/mol. The van der Waals surface area contributed by atoms with Gasteiger partial charge in [0.15, 0.2) is 5.54 Å². The molecule has 0 aliphatic heterocycles. The van der Waals surface area contributed by atoms with Crippen LogP contribution in [0.15, 0.2) is 60.7 Å². The van der Waals surface area contributed by atoms with Gasteiger partial charge in [-0.1, -0.05) is 67.6 Å². The molecule has 0 aliphatic rings. The van der Waals surface area contributed by atoms with Gasteiger partial charge in [-0.3, -0.25) is 4.79 Å². The Balaban J connectivity index is 2.32. The van der Waals surface area contributed by atoms with E-state index in [1.54, 1.807) is 38.1 Å². The summed E-state index contributed by atoms with van der Waals surface area (Å²) in [5.41, 5.74) is 0.0125. The average Bonchev–Trinajstić information content (AvgIpc) is 2.60. The molecule has 2 aromatic rings. The van der Waals surface area contributed by atoms with Crippen molar-refractivity contribution in [2.24, 2.45) is 0 Å². The number of carbonyl (C=O) groups excluding carboxylic acids is 1. The van der Waals surface area contributed by atoms with Crippen LogP contribution in [0.3, 0.4) is 0 Å². The molecule has 4 heteroatoms. The summed E-state index contributed by atoms with van der Waals surface area (Å²) in [7, 11) is 0. The number of carbonyl (C=O) groups is 2. The van der Waals surface area contributed by atoms with Crippen LogP contribution in [0.25, 0.3) is 0 Å². The molecule has 0 spiro atoms. The molecular formula is C19H21NO3. The van der Waals surface area contributed by atoms with Gasteiger partial charge in [0, 0.05) is 0 Å². The maximum Gasteiger partial charge on any atom is 0.334 e. The number of amides is 1. The van der Waals surface area contributed by atoms with E-state index in [4.69, 9.17) is 0 Å². The summed E-state index contributed by atoms with van der Waals surface area (Å²) < 4.78 is 0. The third-order valence-corrected chi connectivity index (χ3v) is 4.19. The van der Waals surface area contributed by atoms with Gasteiger partial charge >= 0.3 is 5.97 Å². The molecule has 0 saturated heterocycles. The van der Waals surface area contributed by atoms with Crippen molar-refractivity contribution >= 4 is 11.9 Å². The van der Waals surface area contributed by atoms with Crippen LogP contribution in [0.2, 0.25) is 0 Å². The van der Waals surface area contributed by atoms with Crippen LogP contribution in [0.4, 0.5) is 0 Å². The Hall–Kier alpha value is -2.62. The molecule has 2 unspecified atom stereocenters. The molecule has 120 valence electrons. The van der Waals surface area contributed by atoms with Gasteiger partial charge in [-0.15, -0.1) is 0 Å². The number of aliphatic carboxylic acids is 1. The van der Waals surface area contributed by atoms with Gasteiger partial charge < -0.3 is 10.4 Å². The zero-order valence-electron chi connectivity index (χ0n) is 13.3. The van der Waals surface area contributed by atoms with Crippen molar-refractivity contribution in [2.75, 3.05) is 0 Å². The Morgan fingerprint density at radius 1 is 1.04 bits per heavy atom. The minimum absolute atomic E-state index is 0.263. The lowest BCUT2D eigenvalue weighted by Gasteiger charge is -2.31. The molecule has 0 aliphatic carbocycles. The fourth-order valence-electron chi connectivity index (χ4n) is 2.63. The quantitative estimate of drug-likeness (QED) is 0.860. The van der Waals surface area contributed by atoms with Crippen LogP contribution in [0, 0.1) is 0 Å². The number of hydrogen-bond donors (Lipinski definition) is 2. The van der Waals surface area contributed by atoms with E-state index in [0.29, 0.717) is 5.56 Å². The minimum Gasteiger partial charge on any atom is -0.479 e. The summed E-state index contributed by atoms with van der Waals surface area (Å²) in [5.74, 6) is -1.78. The van der Waals surface area contributed by atoms with Crippen LogP contribution in [0.5, 0.6) is 0 Å². The van der Waals surface area contributed by atoms with E-state index in [-0.39, 0.29) is 12.3 Å². The third-order valence-electron chi connectivity index (χ3n) is 4.19. The maximum absolute atomic E-state index is 12.6. The second-order valence-corrected chi connectivity index (χ2v) is 5.55. The maximum atomic E-state index is 12.6. The SMILES string of the molecule is CCC(NC(=O)C(C)c1ccccc1)(C(=O)O)c1ccccc1. The highest BCUT2D eigenvalue weighted by molar-refractivity contribution is 5.91. The molecule has 4 nitrogen and oxygen atoms in total. The number of nitrogens with one attached hydrogen (secondary N) is 1. The van der Waals surface area contributed by atoms with E-state index < -0.39 is 17.4 Å². The summed E-state index contributed by atoms with van der Waals surface area (Å²) in [6.07, 6.45) is 0.263.